The molecule has 1 aliphatic rings. The summed E-state index contributed by atoms with van der Waals surface area (Å²) in [6, 6.07) is 16.9. The largest absolute Gasteiger partial charge is 0.493 e. The molecule has 1 unspecified atom stereocenters. The summed E-state index contributed by atoms with van der Waals surface area (Å²) in [6.45, 7) is 4.75. The molecule has 1 amide bonds. The van der Waals surface area contributed by atoms with E-state index in [0.29, 0.717) is 30.3 Å². The highest BCUT2D eigenvalue weighted by atomic mass is 16.5. The smallest absolute Gasteiger partial charge is 0.336 e. The van der Waals surface area contributed by atoms with Crippen molar-refractivity contribution in [2.45, 2.75) is 26.3 Å². The lowest BCUT2D eigenvalue weighted by Gasteiger charge is -2.32. The number of benzene rings is 2. The van der Waals surface area contributed by atoms with Crippen molar-refractivity contribution in [2.24, 2.45) is 5.92 Å². The number of rotatable bonds is 6. The van der Waals surface area contributed by atoms with Crippen LogP contribution in [0.3, 0.4) is 0 Å². The van der Waals surface area contributed by atoms with Gasteiger partial charge >= 0.3 is 5.63 Å². The molecule has 0 aliphatic carbocycles. The molecule has 0 spiro atoms. The van der Waals surface area contributed by atoms with E-state index in [1.54, 1.807) is 12.1 Å². The van der Waals surface area contributed by atoms with E-state index in [0.717, 1.165) is 42.6 Å². The summed E-state index contributed by atoms with van der Waals surface area (Å²) in [6.07, 6.45) is 2.25. The highest BCUT2D eigenvalue weighted by Gasteiger charge is 2.21. The monoisotopic (exact) mass is 406 g/mol. The first-order chi connectivity index (χ1) is 14.6. The molecule has 1 aliphatic heterocycles. The predicted molar refractivity (Wildman–Crippen MR) is 117 cm³/mol. The molecule has 3 aromatic rings. The molecule has 1 aromatic heterocycles. The van der Waals surface area contributed by atoms with E-state index in [-0.39, 0.29) is 11.5 Å². The van der Waals surface area contributed by atoms with Crippen molar-refractivity contribution in [1.29, 1.82) is 0 Å². The number of likely N-dealkylation sites (tertiary alicyclic amines) is 1. The zero-order valence-corrected chi connectivity index (χ0v) is 17.1. The lowest BCUT2D eigenvalue weighted by Crippen LogP contribution is -2.37. The molecular weight excluding hydrogens is 380 g/mol. The van der Waals surface area contributed by atoms with Crippen molar-refractivity contribution in [2.75, 3.05) is 25.0 Å². The van der Waals surface area contributed by atoms with Gasteiger partial charge in [0.15, 0.2) is 0 Å². The minimum Gasteiger partial charge on any atom is -0.493 e. The summed E-state index contributed by atoms with van der Waals surface area (Å²) < 4.78 is 11.3. The van der Waals surface area contributed by atoms with Crippen molar-refractivity contribution in [3.05, 3.63) is 70.6 Å². The third kappa shape index (κ3) is 5.07. The summed E-state index contributed by atoms with van der Waals surface area (Å²) in [4.78, 5) is 25.8. The Morgan fingerprint density at radius 1 is 1.20 bits per heavy atom. The van der Waals surface area contributed by atoms with Gasteiger partial charge in [0.1, 0.15) is 11.3 Å². The van der Waals surface area contributed by atoms with Crippen LogP contribution >= 0.6 is 0 Å². The van der Waals surface area contributed by atoms with Crippen molar-refractivity contribution in [1.82, 2.24) is 4.90 Å². The molecule has 1 saturated heterocycles. The molecule has 30 heavy (non-hydrogen) atoms. The molecule has 6 heteroatoms. The summed E-state index contributed by atoms with van der Waals surface area (Å²) in [5, 5.41) is 3.62. The van der Waals surface area contributed by atoms with Gasteiger partial charge in [0.25, 0.3) is 0 Å². The van der Waals surface area contributed by atoms with Gasteiger partial charge in [-0.25, -0.2) is 4.79 Å². The Morgan fingerprint density at radius 3 is 2.83 bits per heavy atom. The molecular formula is C24H26N2O4. The third-order valence-corrected chi connectivity index (χ3v) is 5.38. The van der Waals surface area contributed by atoms with Crippen LogP contribution in [0, 0.1) is 5.92 Å². The summed E-state index contributed by atoms with van der Waals surface area (Å²) >= 11 is 0. The first-order valence-corrected chi connectivity index (χ1v) is 10.3. The first-order valence-electron chi connectivity index (χ1n) is 10.3. The molecule has 4 rings (SSSR count). The maximum absolute atomic E-state index is 12.1. The molecule has 0 bridgehead atoms. The molecule has 1 N–H and O–H groups in total. The van der Waals surface area contributed by atoms with Crippen LogP contribution in [0.4, 0.5) is 5.69 Å². The van der Waals surface area contributed by atoms with E-state index < -0.39 is 0 Å². The number of nitrogens with zero attached hydrogens (tertiary/aromatic N) is 1. The highest BCUT2D eigenvalue weighted by molar-refractivity contribution is 5.92. The molecule has 1 fully saturated rings. The number of ether oxygens (including phenoxy) is 1. The van der Waals surface area contributed by atoms with Gasteiger partial charge < -0.3 is 14.5 Å². The van der Waals surface area contributed by atoms with Gasteiger partial charge in [-0.15, -0.1) is 0 Å². The standard InChI is InChI=1S/C24H26N2O4/c1-17(27)25-20-9-10-22-19(12-24(28)30-23(22)13-20)15-26-11-5-6-18(14-26)16-29-21-7-3-2-4-8-21/h2-4,7-10,12-13,18H,5-6,11,14-16H2,1H3,(H,25,27). The van der Waals surface area contributed by atoms with Crippen LogP contribution in [-0.2, 0) is 11.3 Å². The fraction of sp³-hybridized carbons (Fsp3) is 0.333. The number of nitrogens with one attached hydrogen (secondary N) is 1. The Morgan fingerprint density at radius 2 is 2.03 bits per heavy atom. The average molecular weight is 406 g/mol. The molecule has 1 atom stereocenters. The number of para-hydroxylation sites is 1. The number of carbonyl (C=O) groups is 1. The van der Waals surface area contributed by atoms with Gasteiger partial charge in [-0.2, -0.15) is 0 Å². The van der Waals surface area contributed by atoms with Crippen LogP contribution in [0.25, 0.3) is 11.0 Å². The van der Waals surface area contributed by atoms with Crippen LogP contribution in [0.15, 0.2) is 63.8 Å². The number of carbonyl (C=O) groups excluding carboxylic acids is 1. The number of anilines is 1. The van der Waals surface area contributed by atoms with E-state index in [9.17, 15) is 9.59 Å². The van der Waals surface area contributed by atoms with Crippen LogP contribution < -0.4 is 15.7 Å². The minimum absolute atomic E-state index is 0.162. The van der Waals surface area contributed by atoms with E-state index in [1.165, 1.54) is 6.92 Å². The van der Waals surface area contributed by atoms with Gasteiger partial charge in [0, 0.05) is 49.1 Å². The molecule has 0 radical (unpaired) electrons. The first kappa shape index (κ1) is 20.2. The number of fused-ring (bicyclic) bond motifs is 1. The number of piperidine rings is 1. The van der Waals surface area contributed by atoms with Gasteiger partial charge in [-0.3, -0.25) is 9.69 Å². The minimum atomic E-state index is -0.376. The van der Waals surface area contributed by atoms with Crippen molar-refractivity contribution in [3.8, 4) is 5.75 Å². The van der Waals surface area contributed by atoms with E-state index in [2.05, 4.69) is 10.2 Å². The quantitative estimate of drug-likeness (QED) is 0.626. The van der Waals surface area contributed by atoms with E-state index >= 15 is 0 Å². The van der Waals surface area contributed by atoms with Gasteiger partial charge in [0.05, 0.1) is 6.61 Å². The van der Waals surface area contributed by atoms with Gasteiger partial charge in [-0.1, -0.05) is 18.2 Å². The number of amides is 1. The third-order valence-electron chi connectivity index (χ3n) is 5.38. The van der Waals surface area contributed by atoms with Crippen LogP contribution in [-0.4, -0.2) is 30.5 Å². The highest BCUT2D eigenvalue weighted by Crippen LogP contribution is 2.25. The maximum Gasteiger partial charge on any atom is 0.336 e. The van der Waals surface area contributed by atoms with E-state index in [4.69, 9.17) is 9.15 Å². The summed E-state index contributed by atoms with van der Waals surface area (Å²) in [5.41, 5.74) is 1.68. The topological polar surface area (TPSA) is 71.8 Å². The van der Waals surface area contributed by atoms with Crippen molar-refractivity contribution in [3.63, 3.8) is 0 Å². The fourth-order valence-electron chi connectivity index (χ4n) is 4.04. The lowest BCUT2D eigenvalue weighted by atomic mass is 9.98. The normalized spacial score (nSPS) is 17.0. The zero-order chi connectivity index (χ0) is 20.9. The zero-order valence-electron chi connectivity index (χ0n) is 17.1. The summed E-state index contributed by atoms with van der Waals surface area (Å²) in [5.74, 6) is 1.19. The van der Waals surface area contributed by atoms with Crippen molar-refractivity contribution >= 4 is 22.6 Å². The maximum atomic E-state index is 12.1. The van der Waals surface area contributed by atoms with Gasteiger partial charge in [-0.05, 0) is 49.2 Å². The SMILES string of the molecule is CC(=O)Nc1ccc2c(CN3CCCC(COc4ccccc4)C3)cc(=O)oc2c1. The fourth-order valence-corrected chi connectivity index (χ4v) is 4.04. The van der Waals surface area contributed by atoms with Crippen molar-refractivity contribution < 1.29 is 13.9 Å². The molecule has 6 nitrogen and oxygen atoms in total. The molecule has 2 heterocycles. The van der Waals surface area contributed by atoms with Gasteiger partial charge in [0.2, 0.25) is 5.91 Å². The molecule has 0 saturated carbocycles. The second-order valence-electron chi connectivity index (χ2n) is 7.85. The Labute approximate surface area is 175 Å². The van der Waals surface area contributed by atoms with Crippen LogP contribution in [0.5, 0.6) is 5.75 Å². The summed E-state index contributed by atoms with van der Waals surface area (Å²) in [7, 11) is 0. The van der Waals surface area contributed by atoms with E-state index in [1.807, 2.05) is 42.5 Å². The average Bonchev–Trinajstić information content (AvgIpc) is 2.72. The Kier molecular flexibility index (Phi) is 6.14. The molecule has 2 aromatic carbocycles. The second kappa shape index (κ2) is 9.13. The number of hydrogen-bond donors (Lipinski definition) is 1. The predicted octanol–water partition coefficient (Wildman–Crippen LogP) is 4.04. The Balaban J connectivity index is 1.46. The molecule has 156 valence electrons. The Bertz CT molecular complexity index is 1080. The lowest BCUT2D eigenvalue weighted by molar-refractivity contribution is -0.114. The second-order valence-corrected chi connectivity index (χ2v) is 7.85. The van der Waals surface area contributed by atoms with Crippen LogP contribution in [0.1, 0.15) is 25.3 Å². The Hall–Kier alpha value is -3.12. The van der Waals surface area contributed by atoms with Crippen LogP contribution in [0.2, 0.25) is 0 Å². The number of hydrogen-bond acceptors (Lipinski definition) is 5.